The highest BCUT2D eigenvalue weighted by atomic mass is 35.5. The maximum Gasteiger partial charge on any atom is 0.410 e. The zero-order chi connectivity index (χ0) is 16.5. The average molecular weight is 326 g/mol. The molecule has 6 heteroatoms. The standard InChI is InChI=1S/C16H20ClNO4/c1-16(2,3)22-15(21)18-8-12(13(9-18)14(19)20)10-5-4-6-11(17)7-10/h4-7,12-13H,8-9H2,1-3H3,(H,19,20)/t12-,13+/m1/s1. The van der Waals surface area contributed by atoms with Gasteiger partial charge in [-0.3, -0.25) is 4.79 Å². The van der Waals surface area contributed by atoms with Crippen molar-refractivity contribution in [2.45, 2.75) is 32.3 Å². The zero-order valence-electron chi connectivity index (χ0n) is 12.9. The number of hydrogen-bond donors (Lipinski definition) is 1. The van der Waals surface area contributed by atoms with E-state index in [9.17, 15) is 14.7 Å². The molecule has 0 aromatic heterocycles. The Labute approximate surface area is 134 Å². The fraction of sp³-hybridized carbons (Fsp3) is 0.500. The van der Waals surface area contributed by atoms with Crippen LogP contribution < -0.4 is 0 Å². The van der Waals surface area contributed by atoms with E-state index in [1.54, 1.807) is 39.0 Å². The van der Waals surface area contributed by atoms with Gasteiger partial charge in [-0.2, -0.15) is 0 Å². The van der Waals surface area contributed by atoms with Crippen molar-refractivity contribution < 1.29 is 19.4 Å². The molecule has 1 aromatic rings. The monoisotopic (exact) mass is 325 g/mol. The van der Waals surface area contributed by atoms with Crippen LogP contribution >= 0.6 is 11.6 Å². The Morgan fingerprint density at radius 1 is 1.32 bits per heavy atom. The van der Waals surface area contributed by atoms with Gasteiger partial charge in [-0.1, -0.05) is 23.7 Å². The van der Waals surface area contributed by atoms with Gasteiger partial charge in [0.25, 0.3) is 0 Å². The van der Waals surface area contributed by atoms with E-state index in [2.05, 4.69) is 0 Å². The molecular formula is C16H20ClNO4. The lowest BCUT2D eigenvalue weighted by Crippen LogP contribution is -2.35. The Hall–Kier alpha value is -1.75. The van der Waals surface area contributed by atoms with E-state index < -0.39 is 23.6 Å². The normalized spacial score (nSPS) is 21.7. The second kappa shape index (κ2) is 6.16. The van der Waals surface area contributed by atoms with E-state index in [0.29, 0.717) is 11.6 Å². The summed E-state index contributed by atoms with van der Waals surface area (Å²) < 4.78 is 5.33. The number of amides is 1. The second-order valence-corrected chi connectivity index (χ2v) is 6.93. The minimum absolute atomic E-state index is 0.140. The van der Waals surface area contributed by atoms with E-state index in [1.807, 2.05) is 6.07 Å². The lowest BCUT2D eigenvalue weighted by atomic mass is 9.89. The quantitative estimate of drug-likeness (QED) is 0.905. The Bertz CT molecular complexity index is 582. The van der Waals surface area contributed by atoms with Gasteiger partial charge >= 0.3 is 12.1 Å². The highest BCUT2D eigenvalue weighted by molar-refractivity contribution is 6.30. The minimum atomic E-state index is -0.920. The van der Waals surface area contributed by atoms with Crippen molar-refractivity contribution in [1.82, 2.24) is 4.90 Å². The van der Waals surface area contributed by atoms with Crippen molar-refractivity contribution >= 4 is 23.7 Å². The lowest BCUT2D eigenvalue weighted by molar-refractivity contribution is -0.141. The van der Waals surface area contributed by atoms with Gasteiger partial charge in [0.1, 0.15) is 5.60 Å². The summed E-state index contributed by atoms with van der Waals surface area (Å²) in [4.78, 5) is 25.1. The summed E-state index contributed by atoms with van der Waals surface area (Å²) >= 11 is 5.98. The number of benzene rings is 1. The first kappa shape index (κ1) is 16.6. The van der Waals surface area contributed by atoms with Crippen molar-refractivity contribution in [3.05, 3.63) is 34.9 Å². The summed E-state index contributed by atoms with van der Waals surface area (Å²) in [5.74, 6) is -1.87. The molecule has 0 unspecified atom stereocenters. The summed E-state index contributed by atoms with van der Waals surface area (Å²) in [5, 5.41) is 9.99. The first-order chi connectivity index (χ1) is 10.2. The summed E-state index contributed by atoms with van der Waals surface area (Å²) in [6.07, 6.45) is -0.483. The van der Waals surface area contributed by atoms with E-state index >= 15 is 0 Å². The Morgan fingerprint density at radius 2 is 2.00 bits per heavy atom. The molecule has 22 heavy (non-hydrogen) atoms. The van der Waals surface area contributed by atoms with E-state index in [4.69, 9.17) is 16.3 Å². The van der Waals surface area contributed by atoms with Crippen LogP contribution in [0.3, 0.4) is 0 Å². The molecule has 2 atom stereocenters. The third-order valence-electron chi connectivity index (χ3n) is 3.57. The molecule has 1 aliphatic heterocycles. The molecule has 0 saturated carbocycles. The van der Waals surface area contributed by atoms with Crippen molar-refractivity contribution in [3.63, 3.8) is 0 Å². The molecule has 0 bridgehead atoms. The highest BCUT2D eigenvalue weighted by Gasteiger charge is 2.41. The number of likely N-dealkylation sites (tertiary alicyclic amines) is 1. The maximum atomic E-state index is 12.2. The van der Waals surface area contributed by atoms with E-state index in [0.717, 1.165) is 5.56 Å². The van der Waals surface area contributed by atoms with Gasteiger partial charge < -0.3 is 14.7 Å². The smallest absolute Gasteiger partial charge is 0.410 e. The molecular weight excluding hydrogens is 306 g/mol. The number of ether oxygens (including phenoxy) is 1. The lowest BCUT2D eigenvalue weighted by Gasteiger charge is -2.24. The van der Waals surface area contributed by atoms with Crippen LogP contribution in [0.25, 0.3) is 0 Å². The van der Waals surface area contributed by atoms with Gasteiger partial charge in [-0.25, -0.2) is 4.79 Å². The van der Waals surface area contributed by atoms with E-state index in [1.165, 1.54) is 4.90 Å². The van der Waals surface area contributed by atoms with Crippen molar-refractivity contribution in [1.29, 1.82) is 0 Å². The zero-order valence-corrected chi connectivity index (χ0v) is 13.6. The molecule has 2 rings (SSSR count). The molecule has 0 aliphatic carbocycles. The first-order valence-corrected chi connectivity index (χ1v) is 7.51. The Kier molecular flexibility index (Phi) is 4.66. The number of nitrogens with zero attached hydrogens (tertiary/aromatic N) is 1. The number of carboxylic acid groups (broad SMARTS) is 1. The minimum Gasteiger partial charge on any atom is -0.481 e. The largest absolute Gasteiger partial charge is 0.481 e. The summed E-state index contributed by atoms with van der Waals surface area (Å²) in [7, 11) is 0. The predicted octanol–water partition coefficient (Wildman–Crippen LogP) is 3.38. The SMILES string of the molecule is CC(C)(C)OC(=O)N1C[C@H](C(=O)O)[C@@H](c2cccc(Cl)c2)C1. The summed E-state index contributed by atoms with van der Waals surface area (Å²) in [5.41, 5.74) is 0.218. The second-order valence-electron chi connectivity index (χ2n) is 6.49. The summed E-state index contributed by atoms with van der Waals surface area (Å²) in [6.45, 7) is 5.80. The number of aliphatic carboxylic acids is 1. The number of carboxylic acids is 1. The number of halogens is 1. The van der Waals surface area contributed by atoms with Crippen LogP contribution in [0.4, 0.5) is 4.79 Å². The molecule has 1 aliphatic rings. The number of hydrogen-bond acceptors (Lipinski definition) is 3. The van der Waals surface area contributed by atoms with Crippen LogP contribution in [0.1, 0.15) is 32.3 Å². The van der Waals surface area contributed by atoms with Gasteiger partial charge in [0.2, 0.25) is 0 Å². The fourth-order valence-corrected chi connectivity index (χ4v) is 2.80. The van der Waals surface area contributed by atoms with Gasteiger partial charge in [0, 0.05) is 24.0 Å². The highest BCUT2D eigenvalue weighted by Crippen LogP contribution is 2.34. The van der Waals surface area contributed by atoms with Crippen molar-refractivity contribution in [2.24, 2.45) is 5.92 Å². The van der Waals surface area contributed by atoms with Gasteiger partial charge in [0.15, 0.2) is 0 Å². The number of carbonyl (C=O) groups is 2. The van der Waals surface area contributed by atoms with Crippen LogP contribution in [0, 0.1) is 5.92 Å². The van der Waals surface area contributed by atoms with Crippen LogP contribution in [0.15, 0.2) is 24.3 Å². The molecule has 0 spiro atoms. The predicted molar refractivity (Wildman–Crippen MR) is 83.1 cm³/mol. The van der Waals surface area contributed by atoms with Crippen molar-refractivity contribution in [3.8, 4) is 0 Å². The summed E-state index contributed by atoms with van der Waals surface area (Å²) in [6, 6.07) is 7.11. The van der Waals surface area contributed by atoms with Crippen LogP contribution in [-0.4, -0.2) is 40.8 Å². The third kappa shape index (κ3) is 3.91. The molecule has 1 aromatic carbocycles. The average Bonchev–Trinajstić information content (AvgIpc) is 2.82. The molecule has 5 nitrogen and oxygen atoms in total. The Balaban J connectivity index is 2.20. The number of carbonyl (C=O) groups excluding carboxylic acids is 1. The third-order valence-corrected chi connectivity index (χ3v) is 3.80. The maximum absolute atomic E-state index is 12.2. The van der Waals surface area contributed by atoms with E-state index in [-0.39, 0.29) is 12.5 Å². The van der Waals surface area contributed by atoms with Crippen LogP contribution in [0.2, 0.25) is 5.02 Å². The molecule has 120 valence electrons. The van der Waals surface area contributed by atoms with Crippen LogP contribution in [-0.2, 0) is 9.53 Å². The molecule has 0 radical (unpaired) electrons. The molecule has 1 saturated heterocycles. The van der Waals surface area contributed by atoms with Crippen LogP contribution in [0.5, 0.6) is 0 Å². The number of rotatable bonds is 2. The fourth-order valence-electron chi connectivity index (χ4n) is 2.60. The van der Waals surface area contributed by atoms with Gasteiger partial charge in [-0.05, 0) is 38.5 Å². The van der Waals surface area contributed by atoms with Gasteiger partial charge in [0.05, 0.1) is 5.92 Å². The topological polar surface area (TPSA) is 66.8 Å². The van der Waals surface area contributed by atoms with Gasteiger partial charge in [-0.15, -0.1) is 0 Å². The van der Waals surface area contributed by atoms with Crippen molar-refractivity contribution in [2.75, 3.05) is 13.1 Å². The first-order valence-electron chi connectivity index (χ1n) is 7.13. The molecule has 1 amide bonds. The molecule has 1 heterocycles. The Morgan fingerprint density at radius 3 is 2.55 bits per heavy atom. The molecule has 1 N–H and O–H groups in total. The molecule has 1 fully saturated rings.